The van der Waals surface area contributed by atoms with Crippen LogP contribution in [0.15, 0.2) is 0 Å². The molecule has 34 heavy (non-hydrogen) atoms. The summed E-state index contributed by atoms with van der Waals surface area (Å²) < 4.78 is 0. The summed E-state index contributed by atoms with van der Waals surface area (Å²) in [4.78, 5) is 0. The van der Waals surface area contributed by atoms with E-state index in [1.807, 2.05) is 0 Å². The summed E-state index contributed by atoms with van der Waals surface area (Å²) in [6.07, 6.45) is 25.3. The molecule has 0 spiro atoms. The van der Waals surface area contributed by atoms with Gasteiger partial charge in [-0.3, -0.25) is 0 Å². The molecule has 0 nitrogen and oxygen atoms in total. The molecule has 0 saturated heterocycles. The van der Waals surface area contributed by atoms with Crippen molar-refractivity contribution >= 4 is 0 Å². The first-order chi connectivity index (χ1) is 16.3. The summed E-state index contributed by atoms with van der Waals surface area (Å²) >= 11 is 0. The molecule has 0 aliphatic heterocycles. The minimum Gasteiger partial charge on any atom is -0.0656 e. The van der Waals surface area contributed by atoms with Gasteiger partial charge in [0.25, 0.3) is 0 Å². The average Bonchev–Trinajstić information content (AvgIpc) is 3.34. The minimum absolute atomic E-state index is 0.624. The quantitative estimate of drug-likeness (QED) is 0.322. The predicted molar refractivity (Wildman–Crippen MR) is 154 cm³/mol. The van der Waals surface area contributed by atoms with E-state index in [0.29, 0.717) is 5.41 Å². The molecular weight excluding hydrogens is 408 g/mol. The molecule has 0 aromatic rings. The lowest BCUT2D eigenvalue weighted by atomic mass is 9.63. The Morgan fingerprint density at radius 1 is 0.618 bits per heavy atom. The topological polar surface area (TPSA) is 0 Å². The lowest BCUT2D eigenvalue weighted by molar-refractivity contribution is 0.0683. The second-order valence-electron chi connectivity index (χ2n) is 13.7. The summed E-state index contributed by atoms with van der Waals surface area (Å²) in [5.41, 5.74) is 0.624. The van der Waals surface area contributed by atoms with Gasteiger partial charge in [0.05, 0.1) is 0 Å². The van der Waals surface area contributed by atoms with Gasteiger partial charge in [-0.2, -0.15) is 0 Å². The Morgan fingerprint density at radius 3 is 1.74 bits per heavy atom. The van der Waals surface area contributed by atoms with Crippen molar-refractivity contribution in [1.82, 2.24) is 0 Å². The van der Waals surface area contributed by atoms with E-state index in [-0.39, 0.29) is 0 Å². The predicted octanol–water partition coefficient (Wildman–Crippen LogP) is 11.7. The fourth-order valence-electron chi connectivity index (χ4n) is 9.08. The molecule has 0 aromatic carbocycles. The average molecular weight is 475 g/mol. The summed E-state index contributed by atoms with van der Waals surface area (Å²) in [6, 6.07) is 0. The first-order valence-corrected chi connectivity index (χ1v) is 16.3. The third-order valence-corrected chi connectivity index (χ3v) is 10.9. The van der Waals surface area contributed by atoms with Gasteiger partial charge in [-0.1, -0.05) is 126 Å². The third kappa shape index (κ3) is 7.75. The highest BCUT2D eigenvalue weighted by molar-refractivity contribution is 5.06. The largest absolute Gasteiger partial charge is 0.0656 e. The van der Waals surface area contributed by atoms with E-state index in [9.17, 15) is 0 Å². The van der Waals surface area contributed by atoms with Gasteiger partial charge in [0.15, 0.2) is 0 Å². The van der Waals surface area contributed by atoms with Crippen molar-refractivity contribution in [3.05, 3.63) is 0 Å². The van der Waals surface area contributed by atoms with Crippen LogP contribution in [0.1, 0.15) is 165 Å². The number of fused-ring (bicyclic) bond motifs is 3. The lowest BCUT2D eigenvalue weighted by Gasteiger charge is -2.42. The molecule has 0 heteroatoms. The lowest BCUT2D eigenvalue weighted by Crippen LogP contribution is -2.34. The van der Waals surface area contributed by atoms with Crippen LogP contribution in [0.4, 0.5) is 0 Å². The van der Waals surface area contributed by atoms with E-state index in [1.54, 1.807) is 44.9 Å². The van der Waals surface area contributed by atoms with Crippen molar-refractivity contribution in [2.24, 2.45) is 52.8 Å². The van der Waals surface area contributed by atoms with E-state index in [0.717, 1.165) is 47.3 Å². The molecule has 8 atom stereocenters. The van der Waals surface area contributed by atoms with E-state index < -0.39 is 0 Å². The van der Waals surface area contributed by atoms with Crippen molar-refractivity contribution in [2.75, 3.05) is 0 Å². The first-order valence-electron chi connectivity index (χ1n) is 16.3. The zero-order chi connectivity index (χ0) is 25.1. The van der Waals surface area contributed by atoms with Crippen LogP contribution in [0, 0.1) is 52.8 Å². The van der Waals surface area contributed by atoms with Gasteiger partial charge in [-0.25, -0.2) is 0 Å². The van der Waals surface area contributed by atoms with Crippen LogP contribution in [0.2, 0.25) is 0 Å². The number of hydrogen-bond donors (Lipinski definition) is 0. The van der Waals surface area contributed by atoms with Crippen LogP contribution < -0.4 is 0 Å². The first kappa shape index (κ1) is 30.2. The molecule has 4 saturated carbocycles. The highest BCUT2D eigenvalue weighted by atomic mass is 14.6. The highest BCUT2D eigenvalue weighted by Gasteiger charge is 2.57. The van der Waals surface area contributed by atoms with Gasteiger partial charge in [0.1, 0.15) is 0 Å². The molecule has 0 amide bonds. The molecule has 4 rings (SSSR count). The van der Waals surface area contributed by atoms with Gasteiger partial charge in [-0.05, 0) is 91.3 Å². The molecule has 0 bridgehead atoms. The fourth-order valence-corrected chi connectivity index (χ4v) is 9.08. The molecule has 0 N–H and O–H groups in total. The maximum absolute atomic E-state index is 2.70. The van der Waals surface area contributed by atoms with E-state index in [2.05, 4.69) is 55.4 Å². The maximum atomic E-state index is 2.70. The maximum Gasteiger partial charge on any atom is -0.0292 e. The molecule has 0 heterocycles. The van der Waals surface area contributed by atoms with Crippen molar-refractivity contribution in [3.63, 3.8) is 0 Å². The van der Waals surface area contributed by atoms with Gasteiger partial charge in [0, 0.05) is 0 Å². The molecule has 4 aliphatic carbocycles. The fraction of sp³-hybridized carbons (Fsp3) is 1.00. The van der Waals surface area contributed by atoms with Crippen LogP contribution >= 0.6 is 0 Å². The Balaban J connectivity index is 0.000000447. The van der Waals surface area contributed by atoms with Crippen LogP contribution in [0.5, 0.6) is 0 Å². The van der Waals surface area contributed by atoms with Crippen LogP contribution in [0.3, 0.4) is 0 Å². The van der Waals surface area contributed by atoms with Gasteiger partial charge in [-0.15, -0.1) is 0 Å². The molecule has 0 aromatic heterocycles. The highest BCUT2D eigenvalue weighted by Crippen LogP contribution is 2.65. The molecular formula is C34H66. The SMILES string of the molecule is CCC.CCCCC.CCCCCC1CCC2C3CCC(C4CCCC4C)CC3C(C)(C)C2C1. The van der Waals surface area contributed by atoms with Gasteiger partial charge in [0.2, 0.25) is 0 Å². The van der Waals surface area contributed by atoms with Crippen LogP contribution in [0.25, 0.3) is 0 Å². The Morgan fingerprint density at radius 2 is 1.21 bits per heavy atom. The van der Waals surface area contributed by atoms with Crippen molar-refractivity contribution in [1.29, 1.82) is 0 Å². The summed E-state index contributed by atoms with van der Waals surface area (Å²) in [5, 5.41) is 0. The van der Waals surface area contributed by atoms with Gasteiger partial charge >= 0.3 is 0 Å². The Bertz CT molecular complexity index is 516. The summed E-state index contributed by atoms with van der Waals surface area (Å²) in [7, 11) is 0. The normalized spacial score (nSPS) is 38.1. The minimum atomic E-state index is 0.624. The van der Waals surface area contributed by atoms with Gasteiger partial charge < -0.3 is 0 Å². The second-order valence-corrected chi connectivity index (χ2v) is 13.7. The van der Waals surface area contributed by atoms with E-state index >= 15 is 0 Å². The molecule has 8 unspecified atom stereocenters. The number of unbranched alkanes of at least 4 members (excludes halogenated alkanes) is 4. The monoisotopic (exact) mass is 475 g/mol. The zero-order valence-corrected chi connectivity index (χ0v) is 25.1. The Kier molecular flexibility index (Phi) is 13.6. The van der Waals surface area contributed by atoms with E-state index in [1.165, 1.54) is 64.2 Å². The number of rotatable bonds is 7. The smallest absolute Gasteiger partial charge is 0.0292 e. The molecule has 4 fully saturated rings. The van der Waals surface area contributed by atoms with Crippen molar-refractivity contribution < 1.29 is 0 Å². The third-order valence-electron chi connectivity index (χ3n) is 10.9. The van der Waals surface area contributed by atoms with E-state index in [4.69, 9.17) is 0 Å². The Labute approximate surface area is 217 Å². The molecule has 0 radical (unpaired) electrons. The van der Waals surface area contributed by atoms with Crippen molar-refractivity contribution in [2.45, 2.75) is 165 Å². The Hall–Kier alpha value is 0. The zero-order valence-electron chi connectivity index (χ0n) is 25.1. The van der Waals surface area contributed by atoms with Crippen LogP contribution in [-0.2, 0) is 0 Å². The summed E-state index contributed by atoms with van der Waals surface area (Å²) in [5.74, 6) is 8.54. The van der Waals surface area contributed by atoms with Crippen molar-refractivity contribution in [3.8, 4) is 0 Å². The second kappa shape index (κ2) is 15.3. The van der Waals surface area contributed by atoms with Crippen LogP contribution in [-0.4, -0.2) is 0 Å². The summed E-state index contributed by atoms with van der Waals surface area (Å²) in [6.45, 7) is 19.0. The molecule has 4 aliphatic rings. The number of hydrogen-bond acceptors (Lipinski definition) is 0. The standard InChI is InChI=1S/C26H46.C5H12.C3H8/c1-5-6-7-10-19-12-14-22-23-15-13-20(21-11-8-9-18(21)2)17-25(23)26(3,4)24(22)16-19;1-3-5-4-2;1-3-2/h18-25H,5-17H2,1-4H3;3-5H2,1-2H3;3H2,1-2H3. The molecule has 202 valence electrons.